The minimum Gasteiger partial charge on any atom is -0.191 e. The fourth-order valence-electron chi connectivity index (χ4n) is 0.259. The molecule has 0 aliphatic rings. The van der Waals surface area contributed by atoms with E-state index in [0.717, 1.165) is 0 Å². The third-order valence-electron chi connectivity index (χ3n) is 0.977. The van der Waals surface area contributed by atoms with Crippen molar-refractivity contribution in [2.45, 2.75) is 5.54 Å². The van der Waals surface area contributed by atoms with Gasteiger partial charge in [0.15, 0.2) is 11.5 Å². The van der Waals surface area contributed by atoms with Crippen molar-refractivity contribution in [3.63, 3.8) is 0 Å². The lowest BCUT2D eigenvalue weighted by Crippen LogP contribution is -2.32. The lowest BCUT2D eigenvalue weighted by molar-refractivity contribution is 0.608. The van der Waals surface area contributed by atoms with E-state index in [9.17, 15) is 4.21 Å². The first-order valence-electron chi connectivity index (χ1n) is 2.44. The lowest BCUT2D eigenvalue weighted by Gasteiger charge is -2.18. The van der Waals surface area contributed by atoms with Crippen LogP contribution in [0.15, 0.2) is 4.36 Å². The Kier molecular flexibility index (Phi) is 5.72. The monoisotopic (exact) mass is 221 g/mol. The summed E-state index contributed by atoms with van der Waals surface area (Å²) in [5.41, 5.74) is -0.753. The van der Waals surface area contributed by atoms with Crippen LogP contribution in [0.3, 0.4) is 0 Å². The summed E-state index contributed by atoms with van der Waals surface area (Å²) in [6.07, 6.45) is 0. The summed E-state index contributed by atoms with van der Waals surface area (Å²) in [5.74, 6) is 0.528. The van der Waals surface area contributed by atoms with Crippen molar-refractivity contribution in [2.24, 2.45) is 4.36 Å². The highest BCUT2D eigenvalue weighted by Crippen LogP contribution is 2.16. The summed E-state index contributed by atoms with van der Waals surface area (Å²) >= 11 is 16.6. The lowest BCUT2D eigenvalue weighted by atomic mass is 10.1. The van der Waals surface area contributed by atoms with E-state index in [1.807, 2.05) is 0 Å². The fraction of sp³-hybridized carbons (Fsp3) is 1.00. The predicted molar refractivity (Wildman–Crippen MR) is 45.5 cm³/mol. The summed E-state index contributed by atoms with van der Waals surface area (Å²) < 4.78 is 13.6. The van der Waals surface area contributed by atoms with Crippen molar-refractivity contribution in [1.29, 1.82) is 0 Å². The second kappa shape index (κ2) is 5.35. The van der Waals surface area contributed by atoms with Crippen molar-refractivity contribution in [3.05, 3.63) is 0 Å². The van der Waals surface area contributed by atoms with E-state index in [2.05, 4.69) is 4.36 Å². The molecule has 0 amide bonds. The SMILES string of the molecule is O=S=NC(CCl)(CCl)CCl. The molecule has 0 heterocycles. The minimum atomic E-state index is -0.753. The molecule has 60 valence electrons. The molecule has 0 spiro atoms. The zero-order valence-corrected chi connectivity index (χ0v) is 8.10. The second-order valence-electron chi connectivity index (χ2n) is 1.79. The van der Waals surface area contributed by atoms with E-state index in [1.165, 1.54) is 0 Å². The summed E-state index contributed by atoms with van der Waals surface area (Å²) in [6.45, 7) is 0. The Bertz CT molecular complexity index is 135. The van der Waals surface area contributed by atoms with Gasteiger partial charge in [-0.1, -0.05) is 0 Å². The largest absolute Gasteiger partial charge is 0.200 e. The Hall–Kier alpha value is 0.690. The zero-order chi connectivity index (χ0) is 8.04. The Balaban J connectivity index is 4.29. The predicted octanol–water partition coefficient (Wildman–Crippen LogP) is 1.84. The van der Waals surface area contributed by atoms with Gasteiger partial charge in [-0.3, -0.25) is 0 Å². The molecule has 0 aromatic heterocycles. The molecular formula is C4H6Cl3NOS. The van der Waals surface area contributed by atoms with E-state index >= 15 is 0 Å². The molecule has 0 fully saturated rings. The van der Waals surface area contributed by atoms with Crippen LogP contribution in [0.2, 0.25) is 0 Å². The summed E-state index contributed by atoms with van der Waals surface area (Å²) in [5, 5.41) is 0. The molecule has 10 heavy (non-hydrogen) atoms. The van der Waals surface area contributed by atoms with Crippen LogP contribution < -0.4 is 0 Å². The van der Waals surface area contributed by atoms with Gasteiger partial charge in [0.2, 0.25) is 0 Å². The molecule has 0 N–H and O–H groups in total. The summed E-state index contributed by atoms with van der Waals surface area (Å²) in [7, 11) is 0. The number of hydrogen-bond donors (Lipinski definition) is 0. The van der Waals surface area contributed by atoms with Crippen LogP contribution in [-0.4, -0.2) is 27.4 Å². The number of halogens is 3. The zero-order valence-electron chi connectivity index (χ0n) is 5.02. The van der Waals surface area contributed by atoms with Crippen molar-refractivity contribution in [1.82, 2.24) is 0 Å². The number of rotatable bonds is 4. The highest BCUT2D eigenvalue weighted by Gasteiger charge is 2.26. The average Bonchev–Trinajstić information content (AvgIpc) is 2.01. The van der Waals surface area contributed by atoms with Crippen LogP contribution in [0.4, 0.5) is 0 Å². The van der Waals surface area contributed by atoms with Gasteiger partial charge in [0.1, 0.15) is 5.54 Å². The third kappa shape index (κ3) is 2.74. The molecule has 0 atom stereocenters. The average molecular weight is 223 g/mol. The van der Waals surface area contributed by atoms with E-state index in [0.29, 0.717) is 0 Å². The van der Waals surface area contributed by atoms with Crippen LogP contribution in [-0.2, 0) is 11.5 Å². The minimum absolute atomic E-state index is 0.104. The maximum absolute atomic E-state index is 10.00. The number of nitrogens with zero attached hydrogens (tertiary/aromatic N) is 1. The maximum Gasteiger partial charge on any atom is 0.200 e. The molecule has 0 radical (unpaired) electrons. The van der Waals surface area contributed by atoms with Crippen molar-refractivity contribution < 1.29 is 4.21 Å². The van der Waals surface area contributed by atoms with Crippen molar-refractivity contribution in [3.8, 4) is 0 Å². The van der Waals surface area contributed by atoms with Crippen LogP contribution >= 0.6 is 34.8 Å². The quantitative estimate of drug-likeness (QED) is 0.668. The number of alkyl halides is 3. The summed E-state index contributed by atoms with van der Waals surface area (Å²) in [4.78, 5) is 0. The molecular weight excluding hydrogens is 216 g/mol. The summed E-state index contributed by atoms with van der Waals surface area (Å²) in [6, 6.07) is 0. The van der Waals surface area contributed by atoms with Crippen LogP contribution in [0.1, 0.15) is 0 Å². The third-order valence-corrected chi connectivity index (χ3v) is 2.93. The van der Waals surface area contributed by atoms with Crippen LogP contribution in [0.25, 0.3) is 0 Å². The molecule has 0 aliphatic carbocycles. The molecule has 6 heteroatoms. The Morgan fingerprint density at radius 3 is 1.70 bits per heavy atom. The molecule has 0 rings (SSSR count). The van der Waals surface area contributed by atoms with Crippen molar-refractivity contribution >= 4 is 46.3 Å². The molecule has 0 unspecified atom stereocenters. The molecule has 0 aromatic rings. The highest BCUT2D eigenvalue weighted by molar-refractivity contribution is 7.54. The smallest absolute Gasteiger partial charge is 0.191 e. The van der Waals surface area contributed by atoms with E-state index in [4.69, 9.17) is 34.8 Å². The van der Waals surface area contributed by atoms with Crippen LogP contribution in [0.5, 0.6) is 0 Å². The van der Waals surface area contributed by atoms with Crippen molar-refractivity contribution in [2.75, 3.05) is 17.6 Å². The van der Waals surface area contributed by atoms with E-state index < -0.39 is 5.54 Å². The first-order chi connectivity index (χ1) is 4.74. The maximum atomic E-state index is 10.00. The van der Waals surface area contributed by atoms with Gasteiger partial charge in [-0.2, -0.15) is 8.57 Å². The normalized spacial score (nSPS) is 11.1. The second-order valence-corrected chi connectivity index (χ2v) is 2.92. The van der Waals surface area contributed by atoms with Crippen LogP contribution in [0, 0.1) is 0 Å². The van der Waals surface area contributed by atoms with E-state index in [-0.39, 0.29) is 29.1 Å². The van der Waals surface area contributed by atoms with E-state index in [1.54, 1.807) is 0 Å². The van der Waals surface area contributed by atoms with Gasteiger partial charge in [0.05, 0.1) is 17.6 Å². The Morgan fingerprint density at radius 2 is 1.60 bits per heavy atom. The highest BCUT2D eigenvalue weighted by atomic mass is 35.5. The van der Waals surface area contributed by atoms with Gasteiger partial charge in [-0.15, -0.1) is 34.8 Å². The van der Waals surface area contributed by atoms with Gasteiger partial charge < -0.3 is 0 Å². The first kappa shape index (κ1) is 10.7. The molecule has 0 saturated carbocycles. The van der Waals surface area contributed by atoms with Gasteiger partial charge >= 0.3 is 0 Å². The molecule has 0 aliphatic heterocycles. The fourth-order valence-corrected chi connectivity index (χ4v) is 1.86. The Labute approximate surface area is 78.1 Å². The van der Waals surface area contributed by atoms with Gasteiger partial charge in [0.25, 0.3) is 0 Å². The Morgan fingerprint density at radius 1 is 1.20 bits per heavy atom. The van der Waals surface area contributed by atoms with Gasteiger partial charge in [0, 0.05) is 0 Å². The molecule has 0 bridgehead atoms. The van der Waals surface area contributed by atoms with Gasteiger partial charge in [-0.05, 0) is 0 Å². The topological polar surface area (TPSA) is 29.4 Å². The molecule has 0 saturated heterocycles. The number of hydrogen-bond acceptors (Lipinski definition) is 2. The standard InChI is InChI=1S/C4H6Cl3NOS/c5-1-4(2-6,3-7)8-10-9/h1-3H2. The molecule has 0 aromatic carbocycles. The first-order valence-corrected chi connectivity index (χ1v) is 4.74. The van der Waals surface area contributed by atoms with Gasteiger partial charge in [-0.25, -0.2) is 0 Å². The molecule has 2 nitrogen and oxygen atoms in total.